The molecule has 1 aliphatic carbocycles. The van der Waals surface area contributed by atoms with Gasteiger partial charge >= 0.3 is 0 Å². The highest BCUT2D eigenvalue weighted by atomic mass is 16.5. The summed E-state index contributed by atoms with van der Waals surface area (Å²) < 4.78 is 5.96. The highest BCUT2D eigenvalue weighted by molar-refractivity contribution is 4.97. The molecule has 3 fully saturated rings. The minimum Gasteiger partial charge on any atom is -0.376 e. The fourth-order valence-corrected chi connectivity index (χ4v) is 3.56. The fourth-order valence-electron chi connectivity index (χ4n) is 3.56. The van der Waals surface area contributed by atoms with E-state index in [2.05, 4.69) is 24.1 Å². The molecule has 3 aliphatic rings. The Balaban J connectivity index is 1.54. The summed E-state index contributed by atoms with van der Waals surface area (Å²) >= 11 is 0. The zero-order valence-electron chi connectivity index (χ0n) is 11.2. The lowest BCUT2D eigenvalue weighted by molar-refractivity contribution is 0.0524. The second kappa shape index (κ2) is 4.87. The Bertz CT molecular complexity index is 265. The molecular weight excluding hydrogens is 212 g/mol. The molecule has 0 aromatic carbocycles. The van der Waals surface area contributed by atoms with Gasteiger partial charge in [-0.3, -0.25) is 4.90 Å². The fraction of sp³-hybridized carbons (Fsp3) is 1.00. The van der Waals surface area contributed by atoms with Crippen LogP contribution in [0.15, 0.2) is 0 Å². The molecule has 1 N–H and O–H groups in total. The van der Waals surface area contributed by atoms with Crippen LogP contribution in [-0.4, -0.2) is 48.8 Å². The molecule has 0 amide bonds. The number of ether oxygens (including phenoxy) is 1. The van der Waals surface area contributed by atoms with E-state index in [1.807, 2.05) is 0 Å². The summed E-state index contributed by atoms with van der Waals surface area (Å²) in [4.78, 5) is 2.69. The summed E-state index contributed by atoms with van der Waals surface area (Å²) in [6, 6.07) is 2.04. The van der Waals surface area contributed by atoms with Crippen LogP contribution in [0.4, 0.5) is 0 Å². The first-order valence-electron chi connectivity index (χ1n) is 7.35. The van der Waals surface area contributed by atoms with Crippen molar-refractivity contribution in [3.8, 4) is 0 Å². The lowest BCUT2D eigenvalue weighted by atomic mass is 10.1. The van der Waals surface area contributed by atoms with Crippen LogP contribution in [0.1, 0.15) is 39.5 Å². The Morgan fingerprint density at radius 2 is 2.00 bits per heavy atom. The Hall–Kier alpha value is -0.120. The molecule has 3 heteroatoms. The molecule has 3 atom stereocenters. The van der Waals surface area contributed by atoms with E-state index >= 15 is 0 Å². The van der Waals surface area contributed by atoms with Gasteiger partial charge < -0.3 is 10.1 Å². The first kappa shape index (κ1) is 11.9. The van der Waals surface area contributed by atoms with E-state index < -0.39 is 0 Å². The summed E-state index contributed by atoms with van der Waals surface area (Å²) in [7, 11) is 0. The minimum absolute atomic E-state index is 0.563. The van der Waals surface area contributed by atoms with Crippen molar-refractivity contribution in [2.24, 2.45) is 5.92 Å². The molecular formula is C14H26N2O. The quantitative estimate of drug-likeness (QED) is 0.805. The SMILES string of the molecule is CC(C)NC1CCN(C2CCOC2C2CC2)C1. The van der Waals surface area contributed by atoms with Crippen molar-refractivity contribution in [2.45, 2.75) is 63.8 Å². The standard InChI is InChI=1S/C14H26N2O/c1-10(2)15-12-5-7-16(9-12)13-6-8-17-14(13)11-3-4-11/h10-15H,3-9H2,1-2H3. The summed E-state index contributed by atoms with van der Waals surface area (Å²) in [5.74, 6) is 0.889. The Morgan fingerprint density at radius 1 is 1.18 bits per heavy atom. The summed E-state index contributed by atoms with van der Waals surface area (Å²) in [5.41, 5.74) is 0. The van der Waals surface area contributed by atoms with Gasteiger partial charge in [-0.2, -0.15) is 0 Å². The van der Waals surface area contributed by atoms with E-state index in [1.54, 1.807) is 0 Å². The van der Waals surface area contributed by atoms with E-state index in [0.717, 1.165) is 18.6 Å². The molecule has 1 saturated carbocycles. The van der Waals surface area contributed by atoms with Crippen molar-refractivity contribution in [1.82, 2.24) is 10.2 Å². The van der Waals surface area contributed by atoms with Gasteiger partial charge in [0.2, 0.25) is 0 Å². The van der Waals surface area contributed by atoms with Crippen LogP contribution in [0.5, 0.6) is 0 Å². The van der Waals surface area contributed by atoms with Crippen molar-refractivity contribution >= 4 is 0 Å². The molecule has 3 rings (SSSR count). The normalized spacial score (nSPS) is 39.4. The Labute approximate surface area is 105 Å². The van der Waals surface area contributed by atoms with Crippen LogP contribution in [0.25, 0.3) is 0 Å². The summed E-state index contributed by atoms with van der Waals surface area (Å²) in [6.07, 6.45) is 5.94. The third-order valence-electron chi connectivity index (χ3n) is 4.45. The largest absolute Gasteiger partial charge is 0.376 e. The molecule has 0 spiro atoms. The molecule has 2 saturated heterocycles. The predicted octanol–water partition coefficient (Wildman–Crippen LogP) is 1.63. The van der Waals surface area contributed by atoms with Crippen LogP contribution in [-0.2, 0) is 4.74 Å². The molecule has 0 aromatic rings. The zero-order valence-corrected chi connectivity index (χ0v) is 11.2. The number of nitrogens with one attached hydrogen (secondary N) is 1. The molecule has 98 valence electrons. The van der Waals surface area contributed by atoms with Crippen LogP contribution >= 0.6 is 0 Å². The third-order valence-corrected chi connectivity index (χ3v) is 4.45. The van der Waals surface area contributed by atoms with Gasteiger partial charge in [0.1, 0.15) is 0 Å². The number of likely N-dealkylation sites (tertiary alicyclic amines) is 1. The summed E-state index contributed by atoms with van der Waals surface area (Å²) in [6.45, 7) is 7.98. The van der Waals surface area contributed by atoms with E-state index in [0.29, 0.717) is 18.2 Å². The van der Waals surface area contributed by atoms with E-state index in [-0.39, 0.29) is 0 Å². The molecule has 2 aliphatic heterocycles. The number of hydrogen-bond acceptors (Lipinski definition) is 3. The van der Waals surface area contributed by atoms with Gasteiger partial charge in [0.05, 0.1) is 6.10 Å². The van der Waals surface area contributed by atoms with E-state index in [4.69, 9.17) is 4.74 Å². The van der Waals surface area contributed by atoms with E-state index in [9.17, 15) is 0 Å². The first-order chi connectivity index (χ1) is 8.24. The average Bonchev–Trinajstić information content (AvgIpc) is 2.84. The monoisotopic (exact) mass is 238 g/mol. The zero-order chi connectivity index (χ0) is 11.8. The molecule has 3 unspecified atom stereocenters. The van der Waals surface area contributed by atoms with Crippen molar-refractivity contribution in [3.63, 3.8) is 0 Å². The Kier molecular flexibility index (Phi) is 3.42. The van der Waals surface area contributed by atoms with Crippen LogP contribution < -0.4 is 5.32 Å². The second-order valence-electron chi connectivity index (χ2n) is 6.33. The second-order valence-corrected chi connectivity index (χ2v) is 6.33. The van der Waals surface area contributed by atoms with Gasteiger partial charge in [-0.1, -0.05) is 13.8 Å². The molecule has 2 heterocycles. The van der Waals surface area contributed by atoms with Crippen molar-refractivity contribution in [3.05, 3.63) is 0 Å². The van der Waals surface area contributed by atoms with Crippen LogP contribution in [0.2, 0.25) is 0 Å². The number of hydrogen-bond donors (Lipinski definition) is 1. The average molecular weight is 238 g/mol. The maximum Gasteiger partial charge on any atom is 0.0759 e. The van der Waals surface area contributed by atoms with Gasteiger partial charge in [-0.05, 0) is 31.6 Å². The van der Waals surface area contributed by atoms with Gasteiger partial charge in [0, 0.05) is 37.8 Å². The maximum atomic E-state index is 5.96. The van der Waals surface area contributed by atoms with Gasteiger partial charge in [-0.25, -0.2) is 0 Å². The Morgan fingerprint density at radius 3 is 2.71 bits per heavy atom. The minimum atomic E-state index is 0.563. The van der Waals surface area contributed by atoms with Gasteiger partial charge in [-0.15, -0.1) is 0 Å². The lowest BCUT2D eigenvalue weighted by Crippen LogP contribution is -2.43. The van der Waals surface area contributed by atoms with Gasteiger partial charge in [0.25, 0.3) is 0 Å². The van der Waals surface area contributed by atoms with Gasteiger partial charge in [0.15, 0.2) is 0 Å². The highest BCUT2D eigenvalue weighted by Gasteiger charge is 2.44. The molecule has 0 radical (unpaired) electrons. The maximum absolute atomic E-state index is 5.96. The van der Waals surface area contributed by atoms with Crippen molar-refractivity contribution < 1.29 is 4.74 Å². The third kappa shape index (κ3) is 2.67. The molecule has 3 nitrogen and oxygen atoms in total. The van der Waals surface area contributed by atoms with Crippen LogP contribution in [0.3, 0.4) is 0 Å². The highest BCUT2D eigenvalue weighted by Crippen LogP contribution is 2.40. The topological polar surface area (TPSA) is 24.5 Å². The molecule has 17 heavy (non-hydrogen) atoms. The number of nitrogens with zero attached hydrogens (tertiary/aromatic N) is 1. The molecule has 0 aromatic heterocycles. The van der Waals surface area contributed by atoms with Crippen molar-refractivity contribution in [1.29, 1.82) is 0 Å². The van der Waals surface area contributed by atoms with Crippen LogP contribution in [0, 0.1) is 5.92 Å². The van der Waals surface area contributed by atoms with Crippen molar-refractivity contribution in [2.75, 3.05) is 19.7 Å². The predicted molar refractivity (Wildman–Crippen MR) is 69.1 cm³/mol. The smallest absolute Gasteiger partial charge is 0.0759 e. The van der Waals surface area contributed by atoms with E-state index in [1.165, 1.54) is 38.8 Å². The lowest BCUT2D eigenvalue weighted by Gasteiger charge is -2.28. The summed E-state index contributed by atoms with van der Waals surface area (Å²) in [5, 5.41) is 3.67. The number of rotatable bonds is 4. The first-order valence-corrected chi connectivity index (χ1v) is 7.35. The molecule has 0 bridgehead atoms.